The van der Waals surface area contributed by atoms with Crippen LogP contribution in [0.1, 0.15) is 23.5 Å². The first-order valence-electron chi connectivity index (χ1n) is 5.43. The molecule has 1 N–H and O–H groups in total. The summed E-state index contributed by atoms with van der Waals surface area (Å²) in [6.45, 7) is 1.09. The summed E-state index contributed by atoms with van der Waals surface area (Å²) in [6, 6.07) is 0. The molecule has 17 heavy (non-hydrogen) atoms. The Hall–Kier alpha value is -1.69. The highest BCUT2D eigenvalue weighted by Gasteiger charge is 2.18. The van der Waals surface area contributed by atoms with E-state index in [1.165, 1.54) is 7.11 Å². The van der Waals surface area contributed by atoms with Crippen LogP contribution in [0.4, 0.5) is 0 Å². The number of aliphatic carboxylic acids is 1. The zero-order valence-electron chi connectivity index (χ0n) is 9.60. The molecule has 0 amide bonds. The van der Waals surface area contributed by atoms with E-state index >= 15 is 0 Å². The van der Waals surface area contributed by atoms with Gasteiger partial charge in [-0.25, -0.2) is 4.98 Å². The Morgan fingerprint density at radius 1 is 1.53 bits per heavy atom. The zero-order valence-corrected chi connectivity index (χ0v) is 9.60. The van der Waals surface area contributed by atoms with Gasteiger partial charge in [0.1, 0.15) is 5.82 Å². The minimum Gasteiger partial charge on any atom is -0.481 e. The molecule has 0 fully saturated rings. The van der Waals surface area contributed by atoms with Crippen molar-refractivity contribution >= 4 is 5.97 Å². The van der Waals surface area contributed by atoms with Crippen molar-refractivity contribution in [3.63, 3.8) is 0 Å². The molecule has 1 aliphatic rings. The first-order valence-corrected chi connectivity index (χ1v) is 5.43. The van der Waals surface area contributed by atoms with E-state index in [2.05, 4.69) is 9.97 Å². The van der Waals surface area contributed by atoms with Crippen LogP contribution in [0.15, 0.2) is 0 Å². The van der Waals surface area contributed by atoms with Gasteiger partial charge in [-0.05, 0) is 0 Å². The number of carboxylic acid groups (broad SMARTS) is 1. The lowest BCUT2D eigenvalue weighted by Gasteiger charge is -2.18. The van der Waals surface area contributed by atoms with Crippen molar-refractivity contribution in [3.8, 4) is 5.88 Å². The summed E-state index contributed by atoms with van der Waals surface area (Å²) in [5, 5.41) is 8.63. The minimum absolute atomic E-state index is 0.0262. The summed E-state index contributed by atoms with van der Waals surface area (Å²) >= 11 is 0. The van der Waals surface area contributed by atoms with Gasteiger partial charge in [0.25, 0.3) is 0 Å². The Morgan fingerprint density at radius 2 is 2.35 bits per heavy atom. The molecule has 0 aromatic carbocycles. The fourth-order valence-corrected chi connectivity index (χ4v) is 1.75. The number of aryl methyl sites for hydroxylation is 1. The molecule has 1 aromatic heterocycles. The standard InChI is InChI=1S/C11H14N2O4/c1-16-11-7-6-17-5-4-8(7)12-9(13-11)2-3-10(14)15/h2-6H2,1H3,(H,14,15). The molecule has 0 radical (unpaired) electrons. The molecule has 6 nitrogen and oxygen atoms in total. The van der Waals surface area contributed by atoms with Gasteiger partial charge in [-0.15, -0.1) is 0 Å². The number of methoxy groups -OCH3 is 1. The predicted molar refractivity (Wildman–Crippen MR) is 57.9 cm³/mol. The van der Waals surface area contributed by atoms with E-state index in [0.717, 1.165) is 11.3 Å². The number of ether oxygens (including phenoxy) is 2. The summed E-state index contributed by atoms with van der Waals surface area (Å²) < 4.78 is 10.5. The van der Waals surface area contributed by atoms with E-state index in [1.54, 1.807) is 0 Å². The van der Waals surface area contributed by atoms with Crippen LogP contribution < -0.4 is 4.74 Å². The van der Waals surface area contributed by atoms with Gasteiger partial charge in [0.2, 0.25) is 5.88 Å². The van der Waals surface area contributed by atoms with Crippen LogP contribution in [0.25, 0.3) is 0 Å². The average Bonchev–Trinajstić information content (AvgIpc) is 2.35. The number of carbonyl (C=O) groups is 1. The van der Waals surface area contributed by atoms with Gasteiger partial charge in [0, 0.05) is 12.8 Å². The molecule has 2 heterocycles. The molecule has 6 heteroatoms. The van der Waals surface area contributed by atoms with Gasteiger partial charge in [0.05, 0.1) is 38.0 Å². The third kappa shape index (κ3) is 2.71. The molecule has 1 aliphatic heterocycles. The van der Waals surface area contributed by atoms with E-state index in [4.69, 9.17) is 14.6 Å². The molecule has 0 saturated carbocycles. The number of hydrogen-bond donors (Lipinski definition) is 1. The van der Waals surface area contributed by atoms with Crippen molar-refractivity contribution in [2.75, 3.05) is 13.7 Å². The van der Waals surface area contributed by atoms with E-state index in [1.807, 2.05) is 0 Å². The van der Waals surface area contributed by atoms with Crippen molar-refractivity contribution < 1.29 is 19.4 Å². The lowest BCUT2D eigenvalue weighted by atomic mass is 10.1. The van der Waals surface area contributed by atoms with Crippen molar-refractivity contribution in [2.24, 2.45) is 0 Å². The quantitative estimate of drug-likeness (QED) is 0.826. The average molecular weight is 238 g/mol. The van der Waals surface area contributed by atoms with E-state index < -0.39 is 5.97 Å². The van der Waals surface area contributed by atoms with Gasteiger partial charge in [0.15, 0.2) is 0 Å². The third-order valence-corrected chi connectivity index (χ3v) is 2.59. The molecular formula is C11H14N2O4. The maximum absolute atomic E-state index is 10.5. The first-order chi connectivity index (χ1) is 8.20. The number of aromatic nitrogens is 2. The maximum atomic E-state index is 10.5. The molecule has 2 rings (SSSR count). The van der Waals surface area contributed by atoms with Crippen LogP contribution in [0.5, 0.6) is 5.88 Å². The van der Waals surface area contributed by atoms with Crippen molar-refractivity contribution in [3.05, 3.63) is 17.1 Å². The lowest BCUT2D eigenvalue weighted by molar-refractivity contribution is -0.137. The molecule has 0 spiro atoms. The summed E-state index contributed by atoms with van der Waals surface area (Å²) in [6.07, 6.45) is 1.06. The minimum atomic E-state index is -0.853. The fraction of sp³-hybridized carbons (Fsp3) is 0.545. The number of rotatable bonds is 4. The number of nitrogens with zero attached hydrogens (tertiary/aromatic N) is 2. The zero-order chi connectivity index (χ0) is 12.3. The smallest absolute Gasteiger partial charge is 0.303 e. The largest absolute Gasteiger partial charge is 0.481 e. The Bertz CT molecular complexity index is 416. The lowest BCUT2D eigenvalue weighted by Crippen LogP contribution is -2.16. The Morgan fingerprint density at radius 3 is 3.06 bits per heavy atom. The predicted octanol–water partition coefficient (Wildman–Crippen LogP) is 0.575. The maximum Gasteiger partial charge on any atom is 0.303 e. The summed E-state index contributed by atoms with van der Waals surface area (Å²) in [5.41, 5.74) is 1.78. The van der Waals surface area contributed by atoms with Crippen LogP contribution in [0.3, 0.4) is 0 Å². The second kappa shape index (κ2) is 5.09. The molecular weight excluding hydrogens is 224 g/mol. The van der Waals surface area contributed by atoms with Gasteiger partial charge >= 0.3 is 5.97 Å². The molecule has 0 aliphatic carbocycles. The second-order valence-corrected chi connectivity index (χ2v) is 3.77. The highest BCUT2D eigenvalue weighted by molar-refractivity contribution is 5.66. The molecule has 1 aromatic rings. The van der Waals surface area contributed by atoms with Crippen LogP contribution >= 0.6 is 0 Å². The van der Waals surface area contributed by atoms with Crippen molar-refractivity contribution in [1.82, 2.24) is 9.97 Å². The monoisotopic (exact) mass is 238 g/mol. The summed E-state index contributed by atoms with van der Waals surface area (Å²) in [7, 11) is 1.54. The highest BCUT2D eigenvalue weighted by atomic mass is 16.5. The van der Waals surface area contributed by atoms with Gasteiger partial charge in [-0.1, -0.05) is 0 Å². The van der Waals surface area contributed by atoms with E-state index in [-0.39, 0.29) is 6.42 Å². The number of carboxylic acids is 1. The van der Waals surface area contributed by atoms with Crippen molar-refractivity contribution in [2.45, 2.75) is 25.9 Å². The van der Waals surface area contributed by atoms with E-state index in [9.17, 15) is 4.79 Å². The molecule has 92 valence electrons. The number of hydrogen-bond acceptors (Lipinski definition) is 5. The molecule has 0 saturated heterocycles. The fourth-order valence-electron chi connectivity index (χ4n) is 1.75. The van der Waals surface area contributed by atoms with Crippen LogP contribution in [0.2, 0.25) is 0 Å². The summed E-state index contributed by atoms with van der Waals surface area (Å²) in [5.74, 6) is 0.161. The SMILES string of the molecule is COc1nc(CCC(=O)O)nc2c1COCC2. The topological polar surface area (TPSA) is 81.5 Å². The Balaban J connectivity index is 2.26. The molecule has 0 atom stereocenters. The highest BCUT2D eigenvalue weighted by Crippen LogP contribution is 2.23. The van der Waals surface area contributed by atoms with Crippen LogP contribution in [-0.4, -0.2) is 34.8 Å². The van der Waals surface area contributed by atoms with E-state index in [0.29, 0.717) is 37.8 Å². The van der Waals surface area contributed by atoms with Gasteiger partial charge in [-0.3, -0.25) is 4.79 Å². The third-order valence-electron chi connectivity index (χ3n) is 2.59. The first kappa shape index (κ1) is 11.8. The van der Waals surface area contributed by atoms with Crippen LogP contribution in [0, 0.1) is 0 Å². The Labute approximate surface area is 98.6 Å². The normalized spacial score (nSPS) is 14.2. The Kier molecular flexibility index (Phi) is 3.53. The number of fused-ring (bicyclic) bond motifs is 1. The molecule has 0 bridgehead atoms. The van der Waals surface area contributed by atoms with Gasteiger partial charge in [-0.2, -0.15) is 4.98 Å². The summed E-state index contributed by atoms with van der Waals surface area (Å²) in [4.78, 5) is 19.1. The van der Waals surface area contributed by atoms with Crippen molar-refractivity contribution in [1.29, 1.82) is 0 Å². The second-order valence-electron chi connectivity index (χ2n) is 3.77. The van der Waals surface area contributed by atoms with Gasteiger partial charge < -0.3 is 14.6 Å². The molecule has 0 unspecified atom stereocenters. The van der Waals surface area contributed by atoms with Crippen LogP contribution in [-0.2, 0) is 29.0 Å².